The monoisotopic (exact) mass is 307 g/mol. The number of primary amides is 1. The lowest BCUT2D eigenvalue weighted by molar-refractivity contribution is 0.1000. The van der Waals surface area contributed by atoms with Gasteiger partial charge in [-0.05, 0) is 50.4 Å². The Morgan fingerprint density at radius 2 is 2.14 bits per heavy atom. The molecule has 114 valence electrons. The number of anilines is 1. The lowest BCUT2D eigenvalue weighted by Crippen LogP contribution is -2.51. The van der Waals surface area contributed by atoms with Crippen LogP contribution in [-0.4, -0.2) is 32.1 Å². The fourth-order valence-electron chi connectivity index (χ4n) is 3.77. The highest BCUT2D eigenvalue weighted by molar-refractivity contribution is 6.31. The van der Waals surface area contributed by atoms with Crippen LogP contribution >= 0.6 is 11.6 Å². The second kappa shape index (κ2) is 5.85. The molecule has 1 aromatic carbocycles. The normalized spacial score (nSPS) is 26.0. The van der Waals surface area contributed by atoms with E-state index in [-0.39, 0.29) is 5.91 Å². The number of hydrogen-bond acceptors (Lipinski definition) is 3. The zero-order chi connectivity index (χ0) is 14.9. The summed E-state index contributed by atoms with van der Waals surface area (Å²) in [6.45, 7) is 4.12. The van der Waals surface area contributed by atoms with Crippen molar-refractivity contribution in [3.8, 4) is 0 Å². The summed E-state index contributed by atoms with van der Waals surface area (Å²) in [6.07, 6.45) is 4.88. The van der Waals surface area contributed by atoms with Gasteiger partial charge in [-0.25, -0.2) is 0 Å². The minimum atomic E-state index is -0.386. The molecule has 1 atom stereocenters. The third kappa shape index (κ3) is 3.01. The first kappa shape index (κ1) is 14.7. The fourth-order valence-corrected chi connectivity index (χ4v) is 3.93. The molecule has 2 saturated heterocycles. The first-order valence-corrected chi connectivity index (χ1v) is 8.03. The number of nitrogens with zero attached hydrogens (tertiary/aromatic N) is 1. The molecule has 1 aromatic rings. The highest BCUT2D eigenvalue weighted by Gasteiger charge is 2.37. The van der Waals surface area contributed by atoms with Crippen LogP contribution in [0.15, 0.2) is 18.2 Å². The second-order valence-electron chi connectivity index (χ2n) is 6.33. The summed E-state index contributed by atoms with van der Waals surface area (Å²) in [5.74, 6) is -0.386. The third-order valence-corrected chi connectivity index (χ3v) is 5.02. The van der Waals surface area contributed by atoms with Crippen LogP contribution in [0.5, 0.6) is 0 Å². The molecule has 3 rings (SSSR count). The Morgan fingerprint density at radius 3 is 2.86 bits per heavy atom. The molecule has 0 bridgehead atoms. The van der Waals surface area contributed by atoms with Crippen LogP contribution in [0.4, 0.5) is 5.69 Å². The van der Waals surface area contributed by atoms with Gasteiger partial charge in [0.25, 0.3) is 5.91 Å². The topological polar surface area (TPSA) is 58.4 Å². The molecule has 0 saturated carbocycles. The summed E-state index contributed by atoms with van der Waals surface area (Å²) >= 11 is 6.13. The van der Waals surface area contributed by atoms with Crippen molar-refractivity contribution in [2.45, 2.75) is 25.7 Å². The molecular weight excluding hydrogens is 286 g/mol. The maximum Gasteiger partial charge on any atom is 0.250 e. The predicted octanol–water partition coefficient (Wildman–Crippen LogP) is 2.41. The molecular formula is C16H22ClN3O. The molecule has 1 spiro atoms. The summed E-state index contributed by atoms with van der Waals surface area (Å²) in [6, 6.07) is 5.34. The summed E-state index contributed by atoms with van der Waals surface area (Å²) < 4.78 is 0. The highest BCUT2D eigenvalue weighted by Crippen LogP contribution is 2.38. The Kier molecular flexibility index (Phi) is 4.09. The van der Waals surface area contributed by atoms with Gasteiger partial charge in [0.15, 0.2) is 0 Å². The minimum Gasteiger partial charge on any atom is -0.370 e. The molecule has 0 radical (unpaired) electrons. The lowest BCUT2D eigenvalue weighted by Gasteiger charge is -2.46. The van der Waals surface area contributed by atoms with Gasteiger partial charge in [-0.1, -0.05) is 11.6 Å². The molecule has 2 fully saturated rings. The molecule has 5 heteroatoms. The van der Waals surface area contributed by atoms with E-state index in [4.69, 9.17) is 17.3 Å². The van der Waals surface area contributed by atoms with Crippen molar-refractivity contribution >= 4 is 23.2 Å². The summed E-state index contributed by atoms with van der Waals surface area (Å²) in [4.78, 5) is 14.0. The molecule has 2 heterocycles. The van der Waals surface area contributed by atoms with Crippen LogP contribution in [0.3, 0.4) is 0 Å². The van der Waals surface area contributed by atoms with E-state index in [1.807, 2.05) is 6.07 Å². The van der Waals surface area contributed by atoms with Crippen LogP contribution in [0, 0.1) is 5.41 Å². The molecule has 1 unspecified atom stereocenters. The molecule has 2 aliphatic heterocycles. The van der Waals surface area contributed by atoms with Gasteiger partial charge in [-0.3, -0.25) is 4.79 Å². The number of nitrogens with one attached hydrogen (secondary N) is 1. The largest absolute Gasteiger partial charge is 0.370 e. The van der Waals surface area contributed by atoms with E-state index in [9.17, 15) is 4.79 Å². The lowest BCUT2D eigenvalue weighted by atomic mass is 9.74. The van der Waals surface area contributed by atoms with Crippen LogP contribution in [0.25, 0.3) is 0 Å². The average molecular weight is 308 g/mol. The first-order chi connectivity index (χ1) is 10.1. The zero-order valence-corrected chi connectivity index (χ0v) is 13.0. The van der Waals surface area contributed by atoms with Crippen LogP contribution in [0.1, 0.15) is 36.0 Å². The highest BCUT2D eigenvalue weighted by atomic mass is 35.5. The maximum atomic E-state index is 11.7. The van der Waals surface area contributed by atoms with Crippen LogP contribution in [-0.2, 0) is 0 Å². The number of nitrogens with two attached hydrogens (primary N) is 1. The number of carbonyl (C=O) groups is 1. The predicted molar refractivity (Wildman–Crippen MR) is 86.0 cm³/mol. The van der Waals surface area contributed by atoms with Gasteiger partial charge in [0.05, 0.1) is 11.3 Å². The number of amides is 1. The molecule has 4 nitrogen and oxygen atoms in total. The Bertz CT molecular complexity index is 535. The van der Waals surface area contributed by atoms with Crippen molar-refractivity contribution in [1.29, 1.82) is 0 Å². The second-order valence-corrected chi connectivity index (χ2v) is 6.77. The SMILES string of the molecule is NC(=O)c1ccc(Cl)cc1N1CCCC2(CCCNC2)C1. The molecule has 0 aliphatic carbocycles. The summed E-state index contributed by atoms with van der Waals surface area (Å²) in [5.41, 5.74) is 7.31. The fraction of sp³-hybridized carbons (Fsp3) is 0.562. The summed E-state index contributed by atoms with van der Waals surface area (Å²) in [7, 11) is 0. The van der Waals surface area contributed by atoms with Crippen LogP contribution < -0.4 is 16.0 Å². The van der Waals surface area contributed by atoms with Crippen molar-refractivity contribution in [3.63, 3.8) is 0 Å². The van der Waals surface area contributed by atoms with E-state index in [1.165, 1.54) is 19.3 Å². The quantitative estimate of drug-likeness (QED) is 0.882. The first-order valence-electron chi connectivity index (χ1n) is 7.65. The molecule has 3 N–H and O–H groups in total. The van der Waals surface area contributed by atoms with Crippen molar-refractivity contribution in [2.24, 2.45) is 11.1 Å². The van der Waals surface area contributed by atoms with E-state index in [2.05, 4.69) is 10.2 Å². The van der Waals surface area contributed by atoms with E-state index < -0.39 is 0 Å². The number of benzene rings is 1. The number of piperidine rings is 2. The Hall–Kier alpha value is -1.26. The molecule has 0 aromatic heterocycles. The smallest absolute Gasteiger partial charge is 0.250 e. The number of carbonyl (C=O) groups excluding carboxylic acids is 1. The van der Waals surface area contributed by atoms with E-state index in [1.54, 1.807) is 12.1 Å². The molecule has 2 aliphatic rings. The van der Waals surface area contributed by atoms with Gasteiger partial charge < -0.3 is 16.0 Å². The molecule has 21 heavy (non-hydrogen) atoms. The molecule has 1 amide bonds. The number of rotatable bonds is 2. The average Bonchev–Trinajstić information content (AvgIpc) is 2.47. The van der Waals surface area contributed by atoms with Gasteiger partial charge in [0.2, 0.25) is 0 Å². The zero-order valence-electron chi connectivity index (χ0n) is 12.2. The summed E-state index contributed by atoms with van der Waals surface area (Å²) in [5, 5.41) is 4.17. The van der Waals surface area contributed by atoms with Gasteiger partial charge >= 0.3 is 0 Å². The maximum absolute atomic E-state index is 11.7. The van der Waals surface area contributed by atoms with Crippen molar-refractivity contribution in [3.05, 3.63) is 28.8 Å². The van der Waals surface area contributed by atoms with Crippen LogP contribution in [0.2, 0.25) is 5.02 Å². The van der Waals surface area contributed by atoms with Crippen molar-refractivity contribution in [1.82, 2.24) is 5.32 Å². The van der Waals surface area contributed by atoms with Crippen molar-refractivity contribution in [2.75, 3.05) is 31.1 Å². The van der Waals surface area contributed by atoms with Crippen molar-refractivity contribution < 1.29 is 4.79 Å². The van der Waals surface area contributed by atoms with E-state index in [0.717, 1.165) is 38.3 Å². The van der Waals surface area contributed by atoms with E-state index >= 15 is 0 Å². The van der Waals surface area contributed by atoms with E-state index in [0.29, 0.717) is 16.0 Å². The minimum absolute atomic E-state index is 0.327. The van der Waals surface area contributed by atoms with Gasteiger partial charge in [-0.2, -0.15) is 0 Å². The number of halogens is 1. The van der Waals surface area contributed by atoms with Gasteiger partial charge in [0.1, 0.15) is 0 Å². The van der Waals surface area contributed by atoms with Gasteiger partial charge in [0, 0.05) is 30.1 Å². The Balaban J connectivity index is 1.89. The Labute approximate surface area is 130 Å². The van der Waals surface area contributed by atoms with Gasteiger partial charge in [-0.15, -0.1) is 0 Å². The third-order valence-electron chi connectivity index (χ3n) is 4.79. The Morgan fingerprint density at radius 1 is 1.33 bits per heavy atom. The number of hydrogen-bond donors (Lipinski definition) is 2. The standard InChI is InChI=1S/C16H22ClN3O/c17-12-3-4-13(15(18)21)14(9-12)20-8-2-6-16(11-20)5-1-7-19-10-16/h3-4,9,19H,1-2,5-8,10-11H2,(H2,18,21).